The lowest BCUT2D eigenvalue weighted by Gasteiger charge is -2.24. The maximum atomic E-state index is 11.2. The molecule has 1 fully saturated rings. The van der Waals surface area contributed by atoms with Crippen LogP contribution in [0.15, 0.2) is 22.7 Å². The van der Waals surface area contributed by atoms with Crippen LogP contribution in [-0.4, -0.2) is 41.2 Å². The number of halogens is 1. The summed E-state index contributed by atoms with van der Waals surface area (Å²) in [6.45, 7) is 1.56. The molecule has 0 radical (unpaired) electrons. The van der Waals surface area contributed by atoms with Crippen molar-refractivity contribution in [1.82, 2.24) is 4.90 Å². The second-order valence-corrected chi connectivity index (χ2v) is 6.10. The van der Waals surface area contributed by atoms with Gasteiger partial charge in [0.1, 0.15) is 17.9 Å². The maximum absolute atomic E-state index is 11.2. The normalized spacial score (nSPS) is 26.2. The Kier molecular flexibility index (Phi) is 3.50. The fourth-order valence-electron chi connectivity index (χ4n) is 2.98. The van der Waals surface area contributed by atoms with Crippen molar-refractivity contribution in [2.24, 2.45) is 0 Å². The summed E-state index contributed by atoms with van der Waals surface area (Å²) in [4.78, 5) is 13.2. The molecule has 0 spiro atoms. The van der Waals surface area contributed by atoms with Crippen molar-refractivity contribution in [1.29, 1.82) is 0 Å². The molecule has 2 unspecified atom stereocenters. The van der Waals surface area contributed by atoms with Crippen LogP contribution in [0.2, 0.25) is 0 Å². The highest BCUT2D eigenvalue weighted by Crippen LogP contribution is 2.32. The third-order valence-electron chi connectivity index (χ3n) is 3.85. The lowest BCUT2D eigenvalue weighted by Crippen LogP contribution is -2.41. The molecule has 19 heavy (non-hydrogen) atoms. The van der Waals surface area contributed by atoms with Gasteiger partial charge in [0.2, 0.25) is 0 Å². The number of likely N-dealkylation sites (tertiary alicyclic amines) is 1. The molecule has 0 bridgehead atoms. The molecule has 5 heteroatoms. The standard InChI is InChI=1S/C14H16BrNO3/c15-10-3-4-13-9(6-10)7-11(19-13)8-16-5-1-2-12(16)14(17)18/h3-4,6,11-12H,1-2,5,7-8H2,(H,17,18). The predicted molar refractivity (Wildman–Crippen MR) is 74.5 cm³/mol. The van der Waals surface area contributed by atoms with Gasteiger partial charge < -0.3 is 9.84 Å². The maximum Gasteiger partial charge on any atom is 0.320 e. The number of nitrogens with zero attached hydrogens (tertiary/aromatic N) is 1. The van der Waals surface area contributed by atoms with E-state index in [0.29, 0.717) is 6.54 Å². The third-order valence-corrected chi connectivity index (χ3v) is 4.34. The van der Waals surface area contributed by atoms with Gasteiger partial charge in [0.25, 0.3) is 0 Å². The van der Waals surface area contributed by atoms with Crippen molar-refractivity contribution < 1.29 is 14.6 Å². The van der Waals surface area contributed by atoms with Crippen LogP contribution in [0.1, 0.15) is 18.4 Å². The van der Waals surface area contributed by atoms with Crippen LogP contribution < -0.4 is 4.74 Å². The molecular weight excluding hydrogens is 310 g/mol. The Morgan fingerprint density at radius 2 is 2.37 bits per heavy atom. The first kappa shape index (κ1) is 12.9. The van der Waals surface area contributed by atoms with Gasteiger partial charge in [0.05, 0.1) is 0 Å². The number of aliphatic carboxylic acids is 1. The number of benzene rings is 1. The largest absolute Gasteiger partial charge is 0.488 e. The van der Waals surface area contributed by atoms with Crippen molar-refractivity contribution in [2.75, 3.05) is 13.1 Å². The van der Waals surface area contributed by atoms with Gasteiger partial charge in [0.15, 0.2) is 0 Å². The fraction of sp³-hybridized carbons (Fsp3) is 0.500. The SMILES string of the molecule is O=C(O)C1CCCN1CC1Cc2cc(Br)ccc2O1. The summed E-state index contributed by atoms with van der Waals surface area (Å²) in [5, 5.41) is 9.18. The second kappa shape index (κ2) is 5.13. The molecule has 2 aliphatic rings. The van der Waals surface area contributed by atoms with E-state index in [1.807, 2.05) is 17.0 Å². The van der Waals surface area contributed by atoms with Crippen molar-refractivity contribution >= 4 is 21.9 Å². The molecule has 2 heterocycles. The molecule has 0 aromatic heterocycles. The lowest BCUT2D eigenvalue weighted by molar-refractivity contribution is -0.142. The van der Waals surface area contributed by atoms with Crippen LogP contribution in [-0.2, 0) is 11.2 Å². The number of fused-ring (bicyclic) bond motifs is 1. The van der Waals surface area contributed by atoms with Crippen LogP contribution in [0.25, 0.3) is 0 Å². The van der Waals surface area contributed by atoms with Gasteiger partial charge in [0, 0.05) is 17.4 Å². The molecule has 3 rings (SSSR count). The highest BCUT2D eigenvalue weighted by atomic mass is 79.9. The predicted octanol–water partition coefficient (Wildman–Crippen LogP) is 2.30. The number of hydrogen-bond donors (Lipinski definition) is 1. The van der Waals surface area contributed by atoms with Crippen LogP contribution in [0.3, 0.4) is 0 Å². The first-order chi connectivity index (χ1) is 9.13. The minimum atomic E-state index is -0.712. The summed E-state index contributed by atoms with van der Waals surface area (Å²) in [6.07, 6.45) is 2.64. The van der Waals surface area contributed by atoms with E-state index in [2.05, 4.69) is 22.0 Å². The monoisotopic (exact) mass is 325 g/mol. The fourth-order valence-corrected chi connectivity index (χ4v) is 3.39. The average molecular weight is 326 g/mol. The Morgan fingerprint density at radius 3 is 3.16 bits per heavy atom. The molecule has 102 valence electrons. The highest BCUT2D eigenvalue weighted by molar-refractivity contribution is 9.10. The smallest absolute Gasteiger partial charge is 0.320 e. The number of carboxylic acid groups (broad SMARTS) is 1. The number of carbonyl (C=O) groups is 1. The summed E-state index contributed by atoms with van der Waals surface area (Å²) >= 11 is 3.46. The van der Waals surface area contributed by atoms with Gasteiger partial charge in [-0.2, -0.15) is 0 Å². The molecule has 1 N–H and O–H groups in total. The average Bonchev–Trinajstić information content (AvgIpc) is 2.95. The molecule has 2 atom stereocenters. The summed E-state index contributed by atoms with van der Waals surface area (Å²) in [5.74, 6) is 0.218. The van der Waals surface area contributed by atoms with Crippen molar-refractivity contribution in [2.45, 2.75) is 31.4 Å². The Labute approximate surface area is 120 Å². The number of carboxylic acids is 1. The highest BCUT2D eigenvalue weighted by Gasteiger charge is 2.34. The minimum absolute atomic E-state index is 0.0734. The second-order valence-electron chi connectivity index (χ2n) is 5.19. The van der Waals surface area contributed by atoms with Gasteiger partial charge >= 0.3 is 5.97 Å². The Bertz CT molecular complexity index is 505. The summed E-state index contributed by atoms with van der Waals surface area (Å²) in [5.41, 5.74) is 1.20. The Morgan fingerprint density at radius 1 is 1.53 bits per heavy atom. The van der Waals surface area contributed by atoms with Gasteiger partial charge in [-0.15, -0.1) is 0 Å². The third kappa shape index (κ3) is 2.62. The van der Waals surface area contributed by atoms with Crippen molar-refractivity contribution in [3.8, 4) is 5.75 Å². The summed E-state index contributed by atoms with van der Waals surface area (Å²) < 4.78 is 6.95. The van der Waals surface area contributed by atoms with E-state index >= 15 is 0 Å². The number of hydrogen-bond acceptors (Lipinski definition) is 3. The van der Waals surface area contributed by atoms with Crippen molar-refractivity contribution in [3.63, 3.8) is 0 Å². The summed E-state index contributed by atoms with van der Waals surface area (Å²) in [7, 11) is 0. The van der Waals surface area contributed by atoms with E-state index in [1.165, 1.54) is 5.56 Å². The van der Waals surface area contributed by atoms with E-state index in [0.717, 1.165) is 36.0 Å². The zero-order chi connectivity index (χ0) is 13.4. The van der Waals surface area contributed by atoms with Gasteiger partial charge in [-0.05, 0) is 43.1 Å². The van der Waals surface area contributed by atoms with E-state index in [9.17, 15) is 9.90 Å². The van der Waals surface area contributed by atoms with Crippen molar-refractivity contribution in [3.05, 3.63) is 28.2 Å². The van der Waals surface area contributed by atoms with Crippen LogP contribution in [0.4, 0.5) is 0 Å². The van der Waals surface area contributed by atoms with Gasteiger partial charge in [-0.3, -0.25) is 9.69 Å². The van der Waals surface area contributed by atoms with E-state index in [1.54, 1.807) is 0 Å². The van der Waals surface area contributed by atoms with E-state index < -0.39 is 5.97 Å². The van der Waals surface area contributed by atoms with Crippen LogP contribution >= 0.6 is 15.9 Å². The Hall–Kier alpha value is -1.07. The topological polar surface area (TPSA) is 49.8 Å². The zero-order valence-electron chi connectivity index (χ0n) is 10.5. The first-order valence-electron chi connectivity index (χ1n) is 6.55. The summed E-state index contributed by atoms with van der Waals surface area (Å²) in [6, 6.07) is 5.68. The molecule has 1 aromatic rings. The van der Waals surface area contributed by atoms with Crippen LogP contribution in [0, 0.1) is 0 Å². The molecule has 0 amide bonds. The molecule has 2 aliphatic heterocycles. The molecule has 1 saturated heterocycles. The Balaban J connectivity index is 1.65. The molecular formula is C14H16BrNO3. The molecule has 1 aromatic carbocycles. The number of rotatable bonds is 3. The van der Waals surface area contributed by atoms with Gasteiger partial charge in [-0.25, -0.2) is 0 Å². The van der Waals surface area contributed by atoms with E-state index in [4.69, 9.17) is 4.74 Å². The minimum Gasteiger partial charge on any atom is -0.488 e. The zero-order valence-corrected chi connectivity index (χ0v) is 12.1. The number of ether oxygens (including phenoxy) is 1. The molecule has 4 nitrogen and oxygen atoms in total. The van der Waals surface area contributed by atoms with Gasteiger partial charge in [-0.1, -0.05) is 15.9 Å². The van der Waals surface area contributed by atoms with Crippen LogP contribution in [0.5, 0.6) is 5.75 Å². The van der Waals surface area contributed by atoms with E-state index in [-0.39, 0.29) is 12.1 Å². The first-order valence-corrected chi connectivity index (χ1v) is 7.35. The quantitative estimate of drug-likeness (QED) is 0.926. The molecule has 0 saturated carbocycles. The molecule has 0 aliphatic carbocycles. The lowest BCUT2D eigenvalue weighted by atomic mass is 10.1.